The fourth-order valence-electron chi connectivity index (χ4n) is 3.57. The van der Waals surface area contributed by atoms with Gasteiger partial charge in [-0.15, -0.1) is 11.8 Å². The summed E-state index contributed by atoms with van der Waals surface area (Å²) < 4.78 is 39.7. The average Bonchev–Trinajstić information content (AvgIpc) is 3.20. The molecule has 5 nitrogen and oxygen atoms in total. The molecule has 0 unspecified atom stereocenters. The molecule has 0 aliphatic carbocycles. The van der Waals surface area contributed by atoms with Crippen molar-refractivity contribution in [2.24, 2.45) is 0 Å². The molecule has 4 rings (SSSR count). The Balaban J connectivity index is 1.57. The zero-order valence-corrected chi connectivity index (χ0v) is 19.5. The zero-order valence-electron chi connectivity index (χ0n) is 17.8. The number of carbonyl (C=O) groups is 1. The summed E-state index contributed by atoms with van der Waals surface area (Å²) in [4.78, 5) is 31.0. The minimum atomic E-state index is -4.44. The van der Waals surface area contributed by atoms with Crippen LogP contribution in [0, 0.1) is 13.8 Å². The molecule has 3 aromatic rings. The van der Waals surface area contributed by atoms with Gasteiger partial charge in [-0.2, -0.15) is 13.2 Å². The van der Waals surface area contributed by atoms with Gasteiger partial charge < -0.3 is 5.32 Å². The van der Waals surface area contributed by atoms with Crippen LogP contribution in [-0.2, 0) is 17.4 Å². The van der Waals surface area contributed by atoms with E-state index in [0.717, 1.165) is 46.5 Å². The number of benzene rings is 2. The smallest absolute Gasteiger partial charge is 0.325 e. The van der Waals surface area contributed by atoms with Crippen LogP contribution in [0.15, 0.2) is 57.3 Å². The van der Waals surface area contributed by atoms with Crippen LogP contribution in [0.4, 0.5) is 18.9 Å². The van der Waals surface area contributed by atoms with Crippen molar-refractivity contribution in [1.82, 2.24) is 9.55 Å². The highest BCUT2D eigenvalue weighted by Gasteiger charge is 2.30. The van der Waals surface area contributed by atoms with Crippen LogP contribution in [0.25, 0.3) is 5.69 Å². The first kappa shape index (κ1) is 23.4. The van der Waals surface area contributed by atoms with E-state index in [-0.39, 0.29) is 17.0 Å². The number of aromatic nitrogens is 2. The van der Waals surface area contributed by atoms with Crippen molar-refractivity contribution in [1.29, 1.82) is 0 Å². The van der Waals surface area contributed by atoms with Gasteiger partial charge in [0.25, 0.3) is 5.56 Å². The Morgan fingerprint density at radius 3 is 2.45 bits per heavy atom. The maximum atomic E-state index is 13.2. The molecule has 1 aromatic heterocycles. The summed E-state index contributed by atoms with van der Waals surface area (Å²) in [6.07, 6.45) is -3.75. The molecule has 0 bridgehead atoms. The molecule has 0 fully saturated rings. The second-order valence-electron chi connectivity index (χ2n) is 7.67. The molecule has 2 aromatic carbocycles. The van der Waals surface area contributed by atoms with Crippen molar-refractivity contribution in [3.63, 3.8) is 0 Å². The van der Waals surface area contributed by atoms with Gasteiger partial charge in [0.1, 0.15) is 0 Å². The fraction of sp³-hybridized carbons (Fsp3) is 0.261. The van der Waals surface area contributed by atoms with Crippen LogP contribution < -0.4 is 10.9 Å². The predicted molar refractivity (Wildman–Crippen MR) is 125 cm³/mol. The second kappa shape index (κ2) is 9.26. The Morgan fingerprint density at radius 2 is 1.82 bits per heavy atom. The van der Waals surface area contributed by atoms with Gasteiger partial charge in [0.2, 0.25) is 5.91 Å². The molecule has 1 amide bonds. The van der Waals surface area contributed by atoms with Gasteiger partial charge >= 0.3 is 6.18 Å². The van der Waals surface area contributed by atoms with Gasteiger partial charge in [0.05, 0.1) is 27.6 Å². The zero-order chi connectivity index (χ0) is 23.8. The number of aryl methyl sites for hydroxylation is 3. The molecule has 1 N–H and O–H groups in total. The Bertz CT molecular complexity index is 1250. The molecular formula is C23H20F3N3O2S2. The van der Waals surface area contributed by atoms with E-state index >= 15 is 0 Å². The third-order valence-corrected chi connectivity index (χ3v) is 7.01. The topological polar surface area (TPSA) is 64.0 Å². The first-order valence-corrected chi connectivity index (χ1v) is 12.1. The van der Waals surface area contributed by atoms with Crippen molar-refractivity contribution in [3.05, 3.63) is 75.2 Å². The number of rotatable bonds is 5. The van der Waals surface area contributed by atoms with Crippen LogP contribution in [0.1, 0.15) is 22.4 Å². The molecule has 2 heterocycles. The fourth-order valence-corrected chi connectivity index (χ4v) is 5.42. The molecular weight excluding hydrogens is 471 g/mol. The summed E-state index contributed by atoms with van der Waals surface area (Å²) in [5.41, 5.74) is 2.74. The van der Waals surface area contributed by atoms with Gasteiger partial charge in [-0.25, -0.2) is 4.98 Å². The highest BCUT2D eigenvalue weighted by molar-refractivity contribution is 8.00. The number of carbonyl (C=O) groups excluding carboxylic acids is 1. The van der Waals surface area contributed by atoms with Gasteiger partial charge in [-0.1, -0.05) is 17.8 Å². The van der Waals surface area contributed by atoms with Gasteiger partial charge in [-0.3, -0.25) is 14.2 Å². The average molecular weight is 492 g/mol. The maximum Gasteiger partial charge on any atom is 0.416 e. The van der Waals surface area contributed by atoms with Crippen LogP contribution in [0.3, 0.4) is 0 Å². The van der Waals surface area contributed by atoms with Crippen molar-refractivity contribution in [3.8, 4) is 5.69 Å². The standard InChI is InChI=1S/C23H20F3N3O2S2/c1-13-9-14(2)11-17(10-13)29-21(31)20-18(7-8-32-20)28-22(29)33-12-19(30)27-16-5-3-15(4-6-16)23(24,25)26/h3-6,9-11H,7-8,12H2,1-2H3,(H,27,30). The van der Waals surface area contributed by atoms with E-state index in [1.165, 1.54) is 28.5 Å². The molecule has 0 radical (unpaired) electrons. The SMILES string of the molecule is Cc1cc(C)cc(-n2c(SCC(=O)Nc3ccc(C(F)(F)F)cc3)nc3c(c2=O)SCC3)c1. The molecule has 10 heteroatoms. The summed E-state index contributed by atoms with van der Waals surface area (Å²) in [6.45, 7) is 3.89. The lowest BCUT2D eigenvalue weighted by Gasteiger charge is -2.15. The number of nitrogens with one attached hydrogen (secondary N) is 1. The Morgan fingerprint density at radius 1 is 1.15 bits per heavy atom. The molecule has 1 aliphatic heterocycles. The van der Waals surface area contributed by atoms with Crippen molar-refractivity contribution in [2.45, 2.75) is 36.5 Å². The van der Waals surface area contributed by atoms with Crippen molar-refractivity contribution in [2.75, 3.05) is 16.8 Å². The lowest BCUT2D eigenvalue weighted by molar-refractivity contribution is -0.137. The summed E-state index contributed by atoms with van der Waals surface area (Å²) in [6, 6.07) is 10.1. The Labute approximate surface area is 196 Å². The predicted octanol–water partition coefficient (Wildman–Crippen LogP) is 5.25. The minimum Gasteiger partial charge on any atom is -0.325 e. The van der Waals surface area contributed by atoms with Gasteiger partial charge in [0.15, 0.2) is 5.16 Å². The molecule has 0 spiro atoms. The minimum absolute atomic E-state index is 0.0514. The highest BCUT2D eigenvalue weighted by Crippen LogP contribution is 2.31. The molecule has 1 aliphatic rings. The largest absolute Gasteiger partial charge is 0.416 e. The molecule has 0 atom stereocenters. The van der Waals surface area contributed by atoms with E-state index in [2.05, 4.69) is 10.3 Å². The molecule has 172 valence electrons. The van der Waals surface area contributed by atoms with E-state index in [1.807, 2.05) is 32.0 Å². The lowest BCUT2D eigenvalue weighted by atomic mass is 10.1. The number of halogens is 3. The Kier molecular flexibility index (Phi) is 6.58. The summed E-state index contributed by atoms with van der Waals surface area (Å²) in [5.74, 6) is 0.327. The third-order valence-electron chi connectivity index (χ3n) is 4.96. The summed E-state index contributed by atoms with van der Waals surface area (Å²) in [5, 5.41) is 3.00. The van der Waals surface area contributed by atoms with E-state index < -0.39 is 17.6 Å². The van der Waals surface area contributed by atoms with Gasteiger partial charge in [-0.05, 0) is 61.4 Å². The number of amides is 1. The van der Waals surface area contributed by atoms with E-state index in [4.69, 9.17) is 0 Å². The Hall–Kier alpha value is -2.72. The third kappa shape index (κ3) is 5.27. The van der Waals surface area contributed by atoms with Crippen molar-refractivity contribution < 1.29 is 18.0 Å². The second-order valence-corrected chi connectivity index (χ2v) is 9.71. The van der Waals surface area contributed by atoms with Crippen LogP contribution >= 0.6 is 23.5 Å². The van der Waals surface area contributed by atoms with E-state index in [1.54, 1.807) is 0 Å². The lowest BCUT2D eigenvalue weighted by Crippen LogP contribution is -2.25. The van der Waals surface area contributed by atoms with Gasteiger partial charge in [0, 0.05) is 17.9 Å². The quantitative estimate of drug-likeness (QED) is 0.390. The molecule has 33 heavy (non-hydrogen) atoms. The van der Waals surface area contributed by atoms with E-state index in [0.29, 0.717) is 22.2 Å². The van der Waals surface area contributed by atoms with Crippen molar-refractivity contribution >= 4 is 35.1 Å². The van der Waals surface area contributed by atoms with Crippen LogP contribution in [0.2, 0.25) is 0 Å². The number of fused-ring (bicyclic) bond motifs is 1. The monoisotopic (exact) mass is 491 g/mol. The number of anilines is 1. The first-order valence-electron chi connectivity index (χ1n) is 10.1. The number of alkyl halides is 3. The highest BCUT2D eigenvalue weighted by atomic mass is 32.2. The van der Waals surface area contributed by atoms with E-state index in [9.17, 15) is 22.8 Å². The van der Waals surface area contributed by atoms with Crippen LogP contribution in [0.5, 0.6) is 0 Å². The number of hydrogen-bond donors (Lipinski definition) is 1. The maximum absolute atomic E-state index is 13.2. The summed E-state index contributed by atoms with van der Waals surface area (Å²) >= 11 is 2.60. The number of thioether (sulfide) groups is 2. The number of nitrogens with zero attached hydrogens (tertiary/aromatic N) is 2. The molecule has 0 saturated heterocycles. The normalized spacial score (nSPS) is 13.1. The first-order chi connectivity index (χ1) is 15.6. The molecule has 0 saturated carbocycles. The summed E-state index contributed by atoms with van der Waals surface area (Å²) in [7, 11) is 0. The number of hydrogen-bond acceptors (Lipinski definition) is 5. The van der Waals surface area contributed by atoms with Crippen LogP contribution in [-0.4, -0.2) is 27.0 Å².